The Morgan fingerprint density at radius 2 is 1.82 bits per heavy atom. The Labute approximate surface area is 235 Å². The van der Waals surface area contributed by atoms with Crippen LogP contribution in [0.2, 0.25) is 0 Å². The molecule has 7 rings (SSSR count). The molecule has 3 aromatic heterocycles. The Morgan fingerprint density at radius 3 is 2.65 bits per heavy atom. The first-order valence-electron chi connectivity index (χ1n) is 15.0. The second kappa shape index (κ2) is 11.1. The number of aromatic nitrogens is 4. The number of amides is 1. The Hall–Kier alpha value is -3.65. The fraction of sp³-hybridized carbons (Fsp3) is 0.469. The minimum absolute atomic E-state index is 0.184. The third-order valence-electron chi connectivity index (χ3n) is 9.29. The number of benzene rings is 1. The van der Waals surface area contributed by atoms with Crippen LogP contribution in [0.5, 0.6) is 0 Å². The van der Waals surface area contributed by atoms with E-state index in [1.54, 1.807) is 6.26 Å². The molecule has 3 aliphatic rings. The zero-order chi connectivity index (χ0) is 26.9. The quantitative estimate of drug-likeness (QED) is 0.327. The van der Waals surface area contributed by atoms with E-state index in [1.165, 1.54) is 30.4 Å². The lowest BCUT2D eigenvalue weighted by molar-refractivity contribution is -0.124. The van der Waals surface area contributed by atoms with Crippen molar-refractivity contribution in [1.82, 2.24) is 24.9 Å². The summed E-state index contributed by atoms with van der Waals surface area (Å²) in [6, 6.07) is 14.6. The lowest BCUT2D eigenvalue weighted by Crippen LogP contribution is -2.52. The fourth-order valence-electron chi connectivity index (χ4n) is 7.12. The average Bonchev–Trinajstić information content (AvgIpc) is 3.79. The van der Waals surface area contributed by atoms with Gasteiger partial charge >= 0.3 is 0 Å². The lowest BCUT2D eigenvalue weighted by Gasteiger charge is -2.43. The Balaban J connectivity index is 1.03. The first-order valence-corrected chi connectivity index (χ1v) is 15.0. The number of H-pyrrole nitrogens is 1. The summed E-state index contributed by atoms with van der Waals surface area (Å²) in [7, 11) is 0. The van der Waals surface area contributed by atoms with Gasteiger partial charge in [0, 0.05) is 36.0 Å². The number of aryl methyl sites for hydroxylation is 1. The van der Waals surface area contributed by atoms with Gasteiger partial charge in [-0.1, -0.05) is 37.5 Å². The molecule has 1 aromatic carbocycles. The number of fused-ring (bicyclic) bond motifs is 1. The molecule has 8 nitrogen and oxygen atoms in total. The molecular weight excluding hydrogens is 500 g/mol. The van der Waals surface area contributed by atoms with Crippen LogP contribution < -0.4 is 4.90 Å². The van der Waals surface area contributed by atoms with Crippen molar-refractivity contribution >= 4 is 11.6 Å². The van der Waals surface area contributed by atoms with Gasteiger partial charge in [-0.2, -0.15) is 10.2 Å². The van der Waals surface area contributed by atoms with Gasteiger partial charge in [-0.15, -0.1) is 0 Å². The van der Waals surface area contributed by atoms with Gasteiger partial charge in [0.05, 0.1) is 12.5 Å². The van der Waals surface area contributed by atoms with Crippen LogP contribution in [0.25, 0.3) is 17.3 Å². The number of nitrogens with zero attached hydrogens (tertiary/aromatic N) is 5. The van der Waals surface area contributed by atoms with Gasteiger partial charge in [0.1, 0.15) is 5.69 Å². The number of carbonyl (C=O) groups is 1. The maximum atomic E-state index is 13.9. The van der Waals surface area contributed by atoms with E-state index < -0.39 is 0 Å². The highest BCUT2D eigenvalue weighted by atomic mass is 16.3. The summed E-state index contributed by atoms with van der Waals surface area (Å²) in [5.74, 6) is 2.67. The lowest BCUT2D eigenvalue weighted by atomic mass is 9.86. The summed E-state index contributed by atoms with van der Waals surface area (Å²) < 4.78 is 7.39. The molecule has 1 N–H and O–H groups in total. The van der Waals surface area contributed by atoms with Crippen LogP contribution in [-0.4, -0.2) is 56.5 Å². The second-order valence-electron chi connectivity index (χ2n) is 11.7. The van der Waals surface area contributed by atoms with Gasteiger partial charge in [0.15, 0.2) is 11.6 Å². The number of carbonyl (C=O) groups excluding carboxylic acids is 1. The molecule has 0 radical (unpaired) electrons. The van der Waals surface area contributed by atoms with E-state index in [2.05, 4.69) is 44.3 Å². The van der Waals surface area contributed by atoms with Gasteiger partial charge in [0.25, 0.3) is 0 Å². The maximum absolute atomic E-state index is 13.9. The Morgan fingerprint density at radius 1 is 0.975 bits per heavy atom. The highest BCUT2D eigenvalue weighted by molar-refractivity contribution is 5.97. The first kappa shape index (κ1) is 25.3. The molecule has 2 aliphatic heterocycles. The normalized spacial score (nSPS) is 21.0. The van der Waals surface area contributed by atoms with E-state index in [9.17, 15) is 4.79 Å². The molecule has 1 unspecified atom stereocenters. The first-order chi connectivity index (χ1) is 19.7. The van der Waals surface area contributed by atoms with Crippen LogP contribution >= 0.6 is 0 Å². The van der Waals surface area contributed by atoms with Crippen molar-refractivity contribution < 1.29 is 9.21 Å². The van der Waals surface area contributed by atoms with Crippen LogP contribution in [0.15, 0.2) is 65.5 Å². The summed E-state index contributed by atoms with van der Waals surface area (Å²) in [6.45, 7) is 2.99. The predicted octanol–water partition coefficient (Wildman–Crippen LogP) is 5.96. The number of likely N-dealkylation sites (tertiary alicyclic amines) is 1. The summed E-state index contributed by atoms with van der Waals surface area (Å²) in [4.78, 5) is 18.7. The number of furan rings is 1. The van der Waals surface area contributed by atoms with Crippen molar-refractivity contribution in [2.75, 3.05) is 24.5 Å². The van der Waals surface area contributed by atoms with E-state index in [0.717, 1.165) is 81.1 Å². The molecule has 1 aliphatic carbocycles. The summed E-state index contributed by atoms with van der Waals surface area (Å²) >= 11 is 0. The van der Waals surface area contributed by atoms with Crippen molar-refractivity contribution in [2.45, 2.75) is 69.7 Å². The highest BCUT2D eigenvalue weighted by Gasteiger charge is 2.36. The zero-order valence-electron chi connectivity index (χ0n) is 23.0. The number of piperidine rings is 1. The smallest absolute Gasteiger partial charge is 0.230 e. The van der Waals surface area contributed by atoms with E-state index in [0.29, 0.717) is 11.8 Å². The van der Waals surface area contributed by atoms with Gasteiger partial charge in [0.2, 0.25) is 5.91 Å². The molecule has 0 spiro atoms. The minimum Gasteiger partial charge on any atom is -0.463 e. The Kier molecular flexibility index (Phi) is 7.02. The molecule has 208 valence electrons. The van der Waals surface area contributed by atoms with Crippen LogP contribution in [0.3, 0.4) is 0 Å². The number of nitrogens with one attached hydrogen (secondary N) is 1. The summed E-state index contributed by atoms with van der Waals surface area (Å²) in [6.07, 6.45) is 15.5. The van der Waals surface area contributed by atoms with Crippen LogP contribution in [0, 0.1) is 5.92 Å². The molecule has 40 heavy (non-hydrogen) atoms. The average molecular weight is 539 g/mol. The number of rotatable bonds is 6. The number of hydrogen-bond donors (Lipinski definition) is 1. The van der Waals surface area contributed by atoms with Crippen molar-refractivity contribution in [3.05, 3.63) is 72.2 Å². The number of hydrogen-bond acceptors (Lipinski definition) is 5. The highest BCUT2D eigenvalue weighted by Crippen LogP contribution is 2.37. The van der Waals surface area contributed by atoms with Crippen LogP contribution in [0.1, 0.15) is 68.4 Å². The molecule has 1 saturated carbocycles. The van der Waals surface area contributed by atoms with Gasteiger partial charge in [-0.05, 0) is 87.4 Å². The molecule has 5 heterocycles. The topological polar surface area (TPSA) is 83.2 Å². The molecule has 2 fully saturated rings. The molecule has 1 saturated heterocycles. The van der Waals surface area contributed by atoms with E-state index >= 15 is 0 Å². The molecule has 8 heteroatoms. The molecule has 1 atom stereocenters. The van der Waals surface area contributed by atoms with Crippen molar-refractivity contribution in [1.29, 1.82) is 0 Å². The number of para-hydroxylation sites is 1. The van der Waals surface area contributed by atoms with E-state index in [-0.39, 0.29) is 12.0 Å². The molecule has 4 aromatic rings. The largest absolute Gasteiger partial charge is 0.463 e. The van der Waals surface area contributed by atoms with Crippen LogP contribution in [0.4, 0.5) is 5.69 Å². The molecule has 1 amide bonds. The maximum Gasteiger partial charge on any atom is 0.230 e. The molecular formula is C32H38N6O2. The number of aromatic amines is 1. The Bertz CT molecular complexity index is 1420. The summed E-state index contributed by atoms with van der Waals surface area (Å²) in [5.41, 5.74) is 4.50. The van der Waals surface area contributed by atoms with Gasteiger partial charge in [-0.3, -0.25) is 9.89 Å². The standard InChI is InChI=1S/C32H38N6O2/c39-32(25-8-2-1-3-9-25)38-26(13-12-24-7-4-5-10-29(24)38)22-36-17-14-23(15-18-36)27-21-33-34-31(27)37-19-16-28(35-37)30-11-6-20-40-30/h4-7,10-11,16,19-21,23,25-26H,1-3,8-9,12-15,17-18,22H2,(H,33,34). The summed E-state index contributed by atoms with van der Waals surface area (Å²) in [5, 5.41) is 12.3. The van der Waals surface area contributed by atoms with Crippen molar-refractivity contribution in [2.24, 2.45) is 5.92 Å². The van der Waals surface area contributed by atoms with Crippen molar-refractivity contribution in [3.63, 3.8) is 0 Å². The van der Waals surface area contributed by atoms with E-state index in [4.69, 9.17) is 9.52 Å². The number of anilines is 1. The van der Waals surface area contributed by atoms with Gasteiger partial charge in [-0.25, -0.2) is 4.68 Å². The zero-order valence-corrected chi connectivity index (χ0v) is 23.0. The molecule has 0 bridgehead atoms. The van der Waals surface area contributed by atoms with Crippen LogP contribution in [-0.2, 0) is 11.2 Å². The monoisotopic (exact) mass is 538 g/mol. The fourth-order valence-corrected chi connectivity index (χ4v) is 7.12. The minimum atomic E-state index is 0.184. The third kappa shape index (κ3) is 4.89. The SMILES string of the molecule is O=C(C1CCCCC1)N1c2ccccc2CCC1CN1CCC(c2cn[nH]c2-n2ccc(-c3ccco3)n2)CC1. The predicted molar refractivity (Wildman–Crippen MR) is 154 cm³/mol. The third-order valence-corrected chi connectivity index (χ3v) is 9.29. The van der Waals surface area contributed by atoms with Crippen molar-refractivity contribution in [3.8, 4) is 17.3 Å². The second-order valence-corrected chi connectivity index (χ2v) is 11.7. The van der Waals surface area contributed by atoms with E-state index in [1.807, 2.05) is 35.3 Å². The van der Waals surface area contributed by atoms with Gasteiger partial charge < -0.3 is 14.2 Å².